The molecular weight excluding hydrogens is 304 g/mol. The summed E-state index contributed by atoms with van der Waals surface area (Å²) >= 11 is 0. The molecule has 2 aromatic carbocycles. The Balaban J connectivity index is 1.98. The quantitative estimate of drug-likeness (QED) is 0.890. The average molecular weight is 321 g/mol. The van der Waals surface area contributed by atoms with Crippen LogP contribution in [0.5, 0.6) is 5.75 Å². The predicted octanol–water partition coefficient (Wildman–Crippen LogP) is 3.04. The fourth-order valence-corrected chi connectivity index (χ4v) is 1.81. The Hall–Kier alpha value is -2.47. The van der Waals surface area contributed by atoms with Crippen LogP contribution in [0.15, 0.2) is 42.5 Å². The van der Waals surface area contributed by atoms with Crippen LogP contribution in [0.4, 0.5) is 14.5 Å². The smallest absolute Gasteiger partial charge is 0.259 e. The highest BCUT2D eigenvalue weighted by Crippen LogP contribution is 2.17. The molecule has 0 heterocycles. The summed E-state index contributed by atoms with van der Waals surface area (Å²) in [5.41, 5.74) is -1.06. The molecule has 122 valence electrons. The number of carbonyl (C=O) groups is 1. The Bertz CT molecular complexity index is 699. The van der Waals surface area contributed by atoms with Gasteiger partial charge in [0, 0.05) is 5.69 Å². The van der Waals surface area contributed by atoms with Crippen molar-refractivity contribution in [2.75, 3.05) is 11.9 Å². The van der Waals surface area contributed by atoms with Crippen molar-refractivity contribution in [1.29, 1.82) is 0 Å². The zero-order valence-electron chi connectivity index (χ0n) is 12.8. The van der Waals surface area contributed by atoms with Crippen molar-refractivity contribution >= 4 is 11.6 Å². The van der Waals surface area contributed by atoms with Crippen molar-refractivity contribution < 1.29 is 23.4 Å². The van der Waals surface area contributed by atoms with E-state index < -0.39 is 17.3 Å². The molecule has 0 aliphatic heterocycles. The monoisotopic (exact) mass is 321 g/mol. The minimum atomic E-state index is -1.81. The molecule has 23 heavy (non-hydrogen) atoms. The van der Waals surface area contributed by atoms with Gasteiger partial charge in [0.05, 0.1) is 0 Å². The highest BCUT2D eigenvalue weighted by atomic mass is 19.1. The number of ether oxygens (including phenoxy) is 1. The summed E-state index contributed by atoms with van der Waals surface area (Å²) in [7, 11) is 0. The molecule has 1 unspecified atom stereocenters. The summed E-state index contributed by atoms with van der Waals surface area (Å²) < 4.78 is 31.3. The second-order valence-corrected chi connectivity index (χ2v) is 5.43. The number of anilines is 1. The van der Waals surface area contributed by atoms with Gasteiger partial charge in [-0.2, -0.15) is 0 Å². The van der Waals surface area contributed by atoms with Gasteiger partial charge in [-0.3, -0.25) is 4.79 Å². The first-order chi connectivity index (χ1) is 10.8. The molecule has 1 amide bonds. The molecule has 0 aliphatic carbocycles. The SMILES string of the molecule is Cc1cc(NC(=O)C(C)(O)COc2ccc(F)cc2)ccc1F. The van der Waals surface area contributed by atoms with E-state index >= 15 is 0 Å². The van der Waals surface area contributed by atoms with Crippen molar-refractivity contribution in [3.63, 3.8) is 0 Å². The van der Waals surface area contributed by atoms with E-state index in [-0.39, 0.29) is 12.4 Å². The van der Waals surface area contributed by atoms with Gasteiger partial charge in [-0.15, -0.1) is 0 Å². The molecule has 2 aromatic rings. The van der Waals surface area contributed by atoms with E-state index in [1.807, 2.05) is 0 Å². The molecule has 0 bridgehead atoms. The van der Waals surface area contributed by atoms with Crippen LogP contribution in [0, 0.1) is 18.6 Å². The first-order valence-corrected chi connectivity index (χ1v) is 6.96. The molecule has 6 heteroatoms. The van der Waals surface area contributed by atoms with E-state index in [1.165, 1.54) is 49.4 Å². The van der Waals surface area contributed by atoms with Crippen molar-refractivity contribution in [1.82, 2.24) is 0 Å². The number of aliphatic hydroxyl groups is 1. The average Bonchev–Trinajstić information content (AvgIpc) is 2.50. The van der Waals surface area contributed by atoms with Crippen LogP contribution < -0.4 is 10.1 Å². The van der Waals surface area contributed by atoms with E-state index in [2.05, 4.69) is 5.32 Å². The molecule has 0 aliphatic rings. The lowest BCUT2D eigenvalue weighted by Crippen LogP contribution is -2.45. The summed E-state index contributed by atoms with van der Waals surface area (Å²) in [4.78, 5) is 12.1. The number of halogens is 2. The van der Waals surface area contributed by atoms with Gasteiger partial charge in [0.15, 0.2) is 5.60 Å². The lowest BCUT2D eigenvalue weighted by Gasteiger charge is -2.22. The highest BCUT2D eigenvalue weighted by molar-refractivity contribution is 5.97. The number of benzene rings is 2. The molecule has 0 spiro atoms. The van der Waals surface area contributed by atoms with Crippen molar-refractivity contribution in [3.8, 4) is 5.75 Å². The Morgan fingerprint density at radius 2 is 1.87 bits per heavy atom. The van der Waals surface area contributed by atoms with Crippen molar-refractivity contribution in [2.24, 2.45) is 0 Å². The molecule has 0 saturated heterocycles. The number of hydrogen-bond donors (Lipinski definition) is 2. The fourth-order valence-electron chi connectivity index (χ4n) is 1.81. The van der Waals surface area contributed by atoms with Crippen LogP contribution in [0.1, 0.15) is 12.5 Å². The van der Waals surface area contributed by atoms with Crippen LogP contribution in [0.25, 0.3) is 0 Å². The Kier molecular flexibility index (Phi) is 4.95. The second-order valence-electron chi connectivity index (χ2n) is 5.43. The van der Waals surface area contributed by atoms with E-state index in [9.17, 15) is 18.7 Å². The summed E-state index contributed by atoms with van der Waals surface area (Å²) in [6, 6.07) is 9.31. The van der Waals surface area contributed by atoms with Crippen LogP contribution in [-0.4, -0.2) is 23.2 Å². The minimum absolute atomic E-state index is 0.315. The van der Waals surface area contributed by atoms with Gasteiger partial charge in [0.2, 0.25) is 0 Å². The standard InChI is InChI=1S/C17H17F2NO3/c1-11-9-13(5-8-15(11)19)20-16(21)17(2,22)10-23-14-6-3-12(18)4-7-14/h3-9,22H,10H2,1-2H3,(H,20,21). The van der Waals surface area contributed by atoms with Gasteiger partial charge in [0.25, 0.3) is 5.91 Å². The molecule has 4 nitrogen and oxygen atoms in total. The summed E-state index contributed by atoms with van der Waals surface area (Å²) in [6.45, 7) is 2.55. The lowest BCUT2D eigenvalue weighted by molar-refractivity contribution is -0.135. The van der Waals surface area contributed by atoms with Crippen LogP contribution in [-0.2, 0) is 4.79 Å². The summed E-state index contributed by atoms with van der Waals surface area (Å²) in [5.74, 6) is -1.15. The zero-order valence-corrected chi connectivity index (χ0v) is 12.8. The Morgan fingerprint density at radius 1 is 1.22 bits per heavy atom. The van der Waals surface area contributed by atoms with Gasteiger partial charge in [-0.25, -0.2) is 8.78 Å². The lowest BCUT2D eigenvalue weighted by atomic mass is 10.1. The number of aryl methyl sites for hydroxylation is 1. The van der Waals surface area contributed by atoms with E-state index in [0.717, 1.165) is 0 Å². The van der Waals surface area contributed by atoms with Gasteiger partial charge < -0.3 is 15.2 Å². The van der Waals surface area contributed by atoms with Crippen molar-refractivity contribution in [2.45, 2.75) is 19.4 Å². The normalized spacial score (nSPS) is 13.3. The third-order valence-corrected chi connectivity index (χ3v) is 3.24. The fraction of sp³-hybridized carbons (Fsp3) is 0.235. The molecule has 0 aromatic heterocycles. The van der Waals surface area contributed by atoms with E-state index in [4.69, 9.17) is 4.74 Å². The molecule has 0 saturated carbocycles. The summed E-state index contributed by atoms with van der Waals surface area (Å²) in [5, 5.41) is 12.7. The van der Waals surface area contributed by atoms with Gasteiger partial charge in [-0.1, -0.05) is 0 Å². The predicted molar refractivity (Wildman–Crippen MR) is 82.3 cm³/mol. The number of carbonyl (C=O) groups excluding carboxylic acids is 1. The largest absolute Gasteiger partial charge is 0.490 e. The molecule has 1 atom stereocenters. The number of rotatable bonds is 5. The number of nitrogens with one attached hydrogen (secondary N) is 1. The molecular formula is C17H17F2NO3. The van der Waals surface area contributed by atoms with Crippen LogP contribution in [0.2, 0.25) is 0 Å². The first kappa shape index (κ1) is 16.9. The molecule has 2 N–H and O–H groups in total. The number of amides is 1. The third kappa shape index (κ3) is 4.50. The van der Waals surface area contributed by atoms with Crippen LogP contribution >= 0.6 is 0 Å². The molecule has 0 radical (unpaired) electrons. The topological polar surface area (TPSA) is 58.6 Å². The maximum atomic E-state index is 13.2. The van der Waals surface area contributed by atoms with Gasteiger partial charge >= 0.3 is 0 Å². The zero-order chi connectivity index (χ0) is 17.0. The minimum Gasteiger partial charge on any atom is -0.490 e. The first-order valence-electron chi connectivity index (χ1n) is 6.96. The van der Waals surface area contributed by atoms with Gasteiger partial charge in [0.1, 0.15) is 24.0 Å². The summed E-state index contributed by atoms with van der Waals surface area (Å²) in [6.07, 6.45) is 0. The Morgan fingerprint density at radius 3 is 2.48 bits per heavy atom. The maximum Gasteiger partial charge on any atom is 0.259 e. The van der Waals surface area contributed by atoms with Crippen molar-refractivity contribution in [3.05, 3.63) is 59.7 Å². The van der Waals surface area contributed by atoms with E-state index in [1.54, 1.807) is 6.92 Å². The molecule has 0 fully saturated rings. The highest BCUT2D eigenvalue weighted by Gasteiger charge is 2.31. The second kappa shape index (κ2) is 6.75. The maximum absolute atomic E-state index is 13.2. The number of hydrogen-bond acceptors (Lipinski definition) is 3. The third-order valence-electron chi connectivity index (χ3n) is 3.24. The molecule has 2 rings (SSSR count). The van der Waals surface area contributed by atoms with Crippen LogP contribution in [0.3, 0.4) is 0 Å². The van der Waals surface area contributed by atoms with Gasteiger partial charge in [-0.05, 0) is 61.9 Å². The van der Waals surface area contributed by atoms with E-state index in [0.29, 0.717) is 17.0 Å². The Labute approximate surface area is 132 Å².